The Hall–Kier alpha value is -3.40. The van der Waals surface area contributed by atoms with E-state index >= 15 is 0 Å². The molecule has 2 aromatic heterocycles. The molecule has 0 saturated heterocycles. The fourth-order valence-electron chi connectivity index (χ4n) is 2.93. The summed E-state index contributed by atoms with van der Waals surface area (Å²) < 4.78 is 7.33. The van der Waals surface area contributed by atoms with E-state index in [-0.39, 0.29) is 5.97 Å². The van der Waals surface area contributed by atoms with Gasteiger partial charge in [0.1, 0.15) is 11.6 Å². The summed E-state index contributed by atoms with van der Waals surface area (Å²) in [4.78, 5) is 16.3. The Morgan fingerprint density at radius 3 is 2.38 bits per heavy atom. The van der Waals surface area contributed by atoms with Crippen LogP contribution in [-0.4, -0.2) is 15.4 Å². The highest BCUT2D eigenvalue weighted by atomic mass is 16.5. The van der Waals surface area contributed by atoms with Crippen molar-refractivity contribution in [3.63, 3.8) is 0 Å². The second-order valence-corrected chi connectivity index (χ2v) is 5.96. The van der Waals surface area contributed by atoms with Crippen LogP contribution in [-0.2, 0) is 4.79 Å². The number of hydrogen-bond donors (Lipinski definition) is 0. The molecule has 0 aliphatic heterocycles. The molecule has 0 fully saturated rings. The first-order chi connectivity index (χ1) is 12.8. The number of fused-ring (bicyclic) bond motifs is 1. The maximum Gasteiger partial charge on any atom is 0.310 e. The molecule has 2 aromatic carbocycles. The fraction of sp³-hybridized carbons (Fsp3) is 0.0909. The minimum atomic E-state index is -0.240. The molecule has 0 aliphatic rings. The van der Waals surface area contributed by atoms with Crippen LogP contribution in [0.1, 0.15) is 13.3 Å². The number of hydrogen-bond acceptors (Lipinski definition) is 3. The number of benzene rings is 2. The van der Waals surface area contributed by atoms with Crippen molar-refractivity contribution < 1.29 is 9.53 Å². The molecule has 4 aromatic rings. The van der Waals surface area contributed by atoms with E-state index in [0.29, 0.717) is 12.2 Å². The molecular formula is C22H18N2O2. The number of esters is 1. The van der Waals surface area contributed by atoms with E-state index in [1.807, 2.05) is 48.7 Å². The van der Waals surface area contributed by atoms with Crippen molar-refractivity contribution in [3.05, 3.63) is 79.0 Å². The van der Waals surface area contributed by atoms with Gasteiger partial charge in [-0.1, -0.05) is 43.3 Å². The summed E-state index contributed by atoms with van der Waals surface area (Å²) in [6.07, 6.45) is 2.36. The zero-order chi connectivity index (χ0) is 17.9. The third-order valence-corrected chi connectivity index (χ3v) is 4.23. The lowest BCUT2D eigenvalue weighted by atomic mass is 10.1. The minimum absolute atomic E-state index is 0.240. The summed E-state index contributed by atoms with van der Waals surface area (Å²) in [6, 6.07) is 23.7. The van der Waals surface area contributed by atoms with Crippen LogP contribution in [0.15, 0.2) is 79.0 Å². The molecule has 0 atom stereocenters. The molecule has 0 spiro atoms. The lowest BCUT2D eigenvalue weighted by Crippen LogP contribution is -2.05. The van der Waals surface area contributed by atoms with Crippen LogP contribution in [0.3, 0.4) is 0 Å². The summed E-state index contributed by atoms with van der Waals surface area (Å²) >= 11 is 0. The maximum atomic E-state index is 11.4. The van der Waals surface area contributed by atoms with Gasteiger partial charge in [-0.15, -0.1) is 0 Å². The summed E-state index contributed by atoms with van der Waals surface area (Å²) in [6.45, 7) is 1.78. The van der Waals surface area contributed by atoms with E-state index in [9.17, 15) is 4.79 Å². The predicted molar refractivity (Wildman–Crippen MR) is 102 cm³/mol. The maximum absolute atomic E-state index is 11.4. The fourth-order valence-corrected chi connectivity index (χ4v) is 2.93. The lowest BCUT2D eigenvalue weighted by molar-refractivity contribution is -0.134. The number of imidazole rings is 1. The Kier molecular flexibility index (Phi) is 4.23. The van der Waals surface area contributed by atoms with Crippen molar-refractivity contribution in [2.24, 2.45) is 0 Å². The zero-order valence-electron chi connectivity index (χ0n) is 14.4. The first-order valence-corrected chi connectivity index (χ1v) is 8.60. The molecule has 0 aliphatic carbocycles. The number of carbonyl (C=O) groups is 1. The Morgan fingerprint density at radius 2 is 1.65 bits per heavy atom. The highest BCUT2D eigenvalue weighted by Gasteiger charge is 2.14. The van der Waals surface area contributed by atoms with Crippen molar-refractivity contribution in [2.45, 2.75) is 13.3 Å². The number of ether oxygens (including phenoxy) is 1. The molecule has 4 rings (SSSR count). The van der Waals surface area contributed by atoms with Gasteiger partial charge in [-0.2, -0.15) is 0 Å². The number of rotatable bonds is 4. The van der Waals surface area contributed by atoms with Gasteiger partial charge < -0.3 is 4.74 Å². The second kappa shape index (κ2) is 6.84. The molecule has 26 heavy (non-hydrogen) atoms. The number of pyridine rings is 1. The average Bonchev–Trinajstić information content (AvgIpc) is 3.09. The molecule has 0 bridgehead atoms. The zero-order valence-corrected chi connectivity index (χ0v) is 14.4. The van der Waals surface area contributed by atoms with Crippen LogP contribution in [0.2, 0.25) is 0 Å². The first-order valence-electron chi connectivity index (χ1n) is 8.60. The van der Waals surface area contributed by atoms with Crippen molar-refractivity contribution >= 4 is 11.5 Å². The van der Waals surface area contributed by atoms with E-state index in [1.165, 1.54) is 0 Å². The summed E-state index contributed by atoms with van der Waals surface area (Å²) in [5.74, 6) is 1.16. The molecule has 128 valence electrons. The third-order valence-electron chi connectivity index (χ3n) is 4.23. The van der Waals surface area contributed by atoms with Gasteiger partial charge in [-0.05, 0) is 36.4 Å². The Balaban J connectivity index is 1.79. The van der Waals surface area contributed by atoms with Gasteiger partial charge in [0.15, 0.2) is 0 Å². The molecule has 0 saturated carbocycles. The van der Waals surface area contributed by atoms with Crippen LogP contribution >= 0.6 is 0 Å². The van der Waals surface area contributed by atoms with Crippen molar-refractivity contribution in [1.82, 2.24) is 9.38 Å². The molecule has 0 unspecified atom stereocenters. The molecule has 0 N–H and O–H groups in total. The van der Waals surface area contributed by atoms with E-state index in [4.69, 9.17) is 9.72 Å². The first kappa shape index (κ1) is 16.1. The molecule has 2 heterocycles. The molecular weight excluding hydrogens is 324 g/mol. The van der Waals surface area contributed by atoms with Crippen LogP contribution in [0.25, 0.3) is 28.2 Å². The van der Waals surface area contributed by atoms with Crippen molar-refractivity contribution in [2.75, 3.05) is 0 Å². The van der Waals surface area contributed by atoms with Crippen molar-refractivity contribution in [3.8, 4) is 28.4 Å². The van der Waals surface area contributed by atoms with Gasteiger partial charge in [0, 0.05) is 23.7 Å². The standard InChI is InChI=1S/C22H18N2O2/c1-2-20(25)26-18-13-11-17(12-14-18)22-23-21(16-8-4-3-5-9-16)19-10-6-7-15-24(19)22/h3-15H,2H2,1H3. The second-order valence-electron chi connectivity index (χ2n) is 5.96. The number of nitrogens with zero attached hydrogens (tertiary/aromatic N) is 2. The van der Waals surface area contributed by atoms with Crippen molar-refractivity contribution in [1.29, 1.82) is 0 Å². The largest absolute Gasteiger partial charge is 0.427 e. The number of carbonyl (C=O) groups excluding carboxylic acids is 1. The Morgan fingerprint density at radius 1 is 0.923 bits per heavy atom. The Bertz CT molecular complexity index is 1050. The lowest BCUT2D eigenvalue weighted by Gasteiger charge is -2.04. The average molecular weight is 342 g/mol. The molecule has 0 amide bonds. The quantitative estimate of drug-likeness (QED) is 0.388. The smallest absolute Gasteiger partial charge is 0.310 e. The van der Waals surface area contributed by atoms with Crippen LogP contribution in [0.4, 0.5) is 0 Å². The van der Waals surface area contributed by atoms with Gasteiger partial charge in [-0.3, -0.25) is 9.20 Å². The Labute approximate surface area is 151 Å². The third kappa shape index (κ3) is 2.97. The van der Waals surface area contributed by atoms with Gasteiger partial charge in [0.05, 0.1) is 11.2 Å². The molecule has 0 radical (unpaired) electrons. The summed E-state index contributed by atoms with van der Waals surface area (Å²) in [5, 5.41) is 0. The van der Waals surface area contributed by atoms with E-state index < -0.39 is 0 Å². The van der Waals surface area contributed by atoms with E-state index in [0.717, 1.165) is 28.2 Å². The van der Waals surface area contributed by atoms with E-state index in [2.05, 4.69) is 22.6 Å². The van der Waals surface area contributed by atoms with Crippen LogP contribution < -0.4 is 4.74 Å². The van der Waals surface area contributed by atoms with Crippen LogP contribution in [0.5, 0.6) is 5.75 Å². The van der Waals surface area contributed by atoms with E-state index in [1.54, 1.807) is 19.1 Å². The molecule has 4 heteroatoms. The SMILES string of the molecule is CCC(=O)Oc1ccc(-c2nc(-c3ccccc3)c3ccccn23)cc1. The highest BCUT2D eigenvalue weighted by molar-refractivity contribution is 5.81. The number of aromatic nitrogens is 2. The summed E-state index contributed by atoms with van der Waals surface area (Å²) in [7, 11) is 0. The molecule has 4 nitrogen and oxygen atoms in total. The van der Waals surface area contributed by atoms with Gasteiger partial charge in [0.2, 0.25) is 0 Å². The van der Waals surface area contributed by atoms with Crippen LogP contribution in [0, 0.1) is 0 Å². The minimum Gasteiger partial charge on any atom is -0.427 e. The van der Waals surface area contributed by atoms with Gasteiger partial charge in [0.25, 0.3) is 0 Å². The highest BCUT2D eigenvalue weighted by Crippen LogP contribution is 2.30. The monoisotopic (exact) mass is 342 g/mol. The normalized spacial score (nSPS) is 10.8. The summed E-state index contributed by atoms with van der Waals surface area (Å²) in [5.41, 5.74) is 4.04. The predicted octanol–water partition coefficient (Wildman–Crippen LogP) is 4.98. The topological polar surface area (TPSA) is 43.6 Å². The van der Waals surface area contributed by atoms with Gasteiger partial charge >= 0.3 is 5.97 Å². The van der Waals surface area contributed by atoms with Gasteiger partial charge in [-0.25, -0.2) is 4.98 Å².